The van der Waals surface area contributed by atoms with Gasteiger partial charge in [0.05, 0.1) is 0 Å². The molecular formula is C16H32N2. The molecule has 1 saturated heterocycles. The molecule has 0 radical (unpaired) electrons. The van der Waals surface area contributed by atoms with E-state index in [1.807, 2.05) is 0 Å². The van der Waals surface area contributed by atoms with E-state index < -0.39 is 0 Å². The van der Waals surface area contributed by atoms with Crippen LogP contribution in [0.4, 0.5) is 0 Å². The molecule has 2 rings (SSSR count). The summed E-state index contributed by atoms with van der Waals surface area (Å²) in [5.74, 6) is 2.79. The maximum absolute atomic E-state index is 3.57. The van der Waals surface area contributed by atoms with Gasteiger partial charge in [0, 0.05) is 19.1 Å². The van der Waals surface area contributed by atoms with Gasteiger partial charge in [-0.1, -0.05) is 20.3 Å². The summed E-state index contributed by atoms with van der Waals surface area (Å²) in [6.07, 6.45) is 8.51. The molecule has 2 fully saturated rings. The summed E-state index contributed by atoms with van der Waals surface area (Å²) in [6.45, 7) is 8.80. The predicted molar refractivity (Wildman–Crippen MR) is 78.8 cm³/mol. The molecule has 0 aromatic carbocycles. The highest BCUT2D eigenvalue weighted by molar-refractivity contribution is 4.86. The van der Waals surface area contributed by atoms with E-state index in [9.17, 15) is 0 Å². The van der Waals surface area contributed by atoms with Crippen molar-refractivity contribution in [3.05, 3.63) is 0 Å². The Kier molecular flexibility index (Phi) is 5.50. The molecule has 1 saturated carbocycles. The number of nitrogens with one attached hydrogen (secondary N) is 1. The van der Waals surface area contributed by atoms with Gasteiger partial charge < -0.3 is 10.2 Å². The van der Waals surface area contributed by atoms with Crippen molar-refractivity contribution in [1.29, 1.82) is 0 Å². The zero-order valence-corrected chi connectivity index (χ0v) is 12.6. The van der Waals surface area contributed by atoms with Crippen LogP contribution < -0.4 is 5.32 Å². The van der Waals surface area contributed by atoms with E-state index in [1.54, 1.807) is 0 Å². The second-order valence-electron chi connectivity index (χ2n) is 6.75. The molecule has 1 aliphatic heterocycles. The van der Waals surface area contributed by atoms with Gasteiger partial charge in [-0.3, -0.25) is 0 Å². The van der Waals surface area contributed by atoms with Gasteiger partial charge in [0.2, 0.25) is 0 Å². The molecule has 1 aliphatic carbocycles. The Hall–Kier alpha value is -0.0800. The second kappa shape index (κ2) is 6.91. The first kappa shape index (κ1) is 14.3. The summed E-state index contributed by atoms with van der Waals surface area (Å²) in [5.41, 5.74) is 0. The molecule has 1 heterocycles. The van der Waals surface area contributed by atoms with Gasteiger partial charge in [-0.25, -0.2) is 0 Å². The lowest BCUT2D eigenvalue weighted by Crippen LogP contribution is -2.46. The van der Waals surface area contributed by atoms with Gasteiger partial charge >= 0.3 is 0 Å². The third kappa shape index (κ3) is 3.71. The molecule has 0 bridgehead atoms. The third-order valence-corrected chi connectivity index (χ3v) is 5.27. The van der Waals surface area contributed by atoms with Gasteiger partial charge in [0.1, 0.15) is 0 Å². The Morgan fingerprint density at radius 2 is 2.06 bits per heavy atom. The normalized spacial score (nSPS) is 38.8. The third-order valence-electron chi connectivity index (χ3n) is 5.27. The van der Waals surface area contributed by atoms with Crippen molar-refractivity contribution in [1.82, 2.24) is 10.2 Å². The van der Waals surface area contributed by atoms with Crippen LogP contribution in [0.15, 0.2) is 0 Å². The fourth-order valence-electron chi connectivity index (χ4n) is 4.10. The summed E-state index contributed by atoms with van der Waals surface area (Å²) in [6, 6.07) is 0.769. The lowest BCUT2D eigenvalue weighted by Gasteiger charge is -2.40. The van der Waals surface area contributed by atoms with Crippen molar-refractivity contribution in [2.24, 2.45) is 17.8 Å². The largest absolute Gasteiger partial charge is 0.317 e. The lowest BCUT2D eigenvalue weighted by molar-refractivity contribution is 0.110. The van der Waals surface area contributed by atoms with Gasteiger partial charge in [-0.05, 0) is 63.5 Å². The zero-order chi connectivity index (χ0) is 13.0. The second-order valence-corrected chi connectivity index (χ2v) is 6.75. The monoisotopic (exact) mass is 252 g/mol. The smallest absolute Gasteiger partial charge is 0.0105 e. The number of hydrogen-bond acceptors (Lipinski definition) is 2. The summed E-state index contributed by atoms with van der Waals surface area (Å²) < 4.78 is 0. The average Bonchev–Trinajstić information content (AvgIpc) is 2.38. The number of hydrogen-bond donors (Lipinski definition) is 1. The Morgan fingerprint density at radius 1 is 1.22 bits per heavy atom. The maximum atomic E-state index is 3.57. The van der Waals surface area contributed by atoms with E-state index in [2.05, 4.69) is 31.1 Å². The molecule has 106 valence electrons. The van der Waals surface area contributed by atoms with Gasteiger partial charge in [0.15, 0.2) is 0 Å². The highest BCUT2D eigenvalue weighted by Crippen LogP contribution is 2.32. The molecule has 4 unspecified atom stereocenters. The zero-order valence-electron chi connectivity index (χ0n) is 12.6. The van der Waals surface area contributed by atoms with Crippen molar-refractivity contribution >= 4 is 0 Å². The van der Waals surface area contributed by atoms with Crippen molar-refractivity contribution in [2.45, 2.75) is 58.4 Å². The average molecular weight is 252 g/mol. The molecule has 18 heavy (non-hydrogen) atoms. The van der Waals surface area contributed by atoms with E-state index in [-0.39, 0.29) is 0 Å². The highest BCUT2D eigenvalue weighted by atomic mass is 15.1. The summed E-state index contributed by atoms with van der Waals surface area (Å²) in [7, 11) is 2.16. The van der Waals surface area contributed by atoms with Crippen LogP contribution in [0, 0.1) is 17.8 Å². The van der Waals surface area contributed by atoms with Gasteiger partial charge in [-0.15, -0.1) is 0 Å². The van der Waals surface area contributed by atoms with Crippen LogP contribution in [-0.2, 0) is 0 Å². The topological polar surface area (TPSA) is 15.3 Å². The standard InChI is InChI=1S/C16H32N2/c1-4-14-7-8-16(17-3)15(10-14)12-18-9-5-6-13(2)11-18/h13-17H,4-12H2,1-3H3. The Balaban J connectivity index is 1.87. The van der Waals surface area contributed by atoms with E-state index in [0.717, 1.165) is 23.8 Å². The highest BCUT2D eigenvalue weighted by Gasteiger charge is 2.30. The van der Waals surface area contributed by atoms with Crippen molar-refractivity contribution in [3.63, 3.8) is 0 Å². The number of rotatable bonds is 4. The van der Waals surface area contributed by atoms with Crippen LogP contribution in [-0.4, -0.2) is 37.6 Å². The summed E-state index contributed by atoms with van der Waals surface area (Å²) in [4.78, 5) is 2.74. The van der Waals surface area contributed by atoms with Crippen LogP contribution in [0.1, 0.15) is 52.4 Å². The molecular weight excluding hydrogens is 220 g/mol. The minimum Gasteiger partial charge on any atom is -0.317 e. The van der Waals surface area contributed by atoms with Gasteiger partial charge in [0.25, 0.3) is 0 Å². The molecule has 2 heteroatoms. The Labute approximate surface area is 114 Å². The first-order chi connectivity index (χ1) is 8.72. The van der Waals surface area contributed by atoms with E-state index in [4.69, 9.17) is 0 Å². The molecule has 2 aliphatic rings. The Morgan fingerprint density at radius 3 is 2.72 bits per heavy atom. The van der Waals surface area contributed by atoms with Crippen LogP contribution in [0.2, 0.25) is 0 Å². The molecule has 4 atom stereocenters. The van der Waals surface area contributed by atoms with Crippen LogP contribution in [0.3, 0.4) is 0 Å². The first-order valence-corrected chi connectivity index (χ1v) is 8.12. The SMILES string of the molecule is CCC1CCC(NC)C(CN2CCCC(C)C2)C1. The fraction of sp³-hybridized carbons (Fsp3) is 1.00. The quantitative estimate of drug-likeness (QED) is 0.827. The number of piperidine rings is 1. The molecule has 1 N–H and O–H groups in total. The minimum absolute atomic E-state index is 0.769. The van der Waals surface area contributed by atoms with E-state index in [1.165, 1.54) is 58.2 Å². The van der Waals surface area contributed by atoms with Crippen LogP contribution >= 0.6 is 0 Å². The van der Waals surface area contributed by atoms with E-state index in [0.29, 0.717) is 0 Å². The predicted octanol–water partition coefficient (Wildman–Crippen LogP) is 3.13. The number of likely N-dealkylation sites (tertiary alicyclic amines) is 1. The van der Waals surface area contributed by atoms with Crippen molar-refractivity contribution in [3.8, 4) is 0 Å². The van der Waals surface area contributed by atoms with Crippen LogP contribution in [0.25, 0.3) is 0 Å². The van der Waals surface area contributed by atoms with Crippen molar-refractivity contribution in [2.75, 3.05) is 26.7 Å². The number of nitrogens with zero attached hydrogens (tertiary/aromatic N) is 1. The molecule has 0 spiro atoms. The summed E-state index contributed by atoms with van der Waals surface area (Å²) >= 11 is 0. The van der Waals surface area contributed by atoms with Gasteiger partial charge in [-0.2, -0.15) is 0 Å². The molecule has 0 amide bonds. The molecule has 2 nitrogen and oxygen atoms in total. The Bertz CT molecular complexity index is 241. The maximum Gasteiger partial charge on any atom is 0.0105 e. The van der Waals surface area contributed by atoms with Crippen LogP contribution in [0.5, 0.6) is 0 Å². The molecule has 0 aromatic rings. The molecule has 0 aromatic heterocycles. The fourth-order valence-corrected chi connectivity index (χ4v) is 4.10. The summed E-state index contributed by atoms with van der Waals surface area (Å²) in [5, 5.41) is 3.57. The minimum atomic E-state index is 0.769. The van der Waals surface area contributed by atoms with Crippen molar-refractivity contribution < 1.29 is 0 Å². The first-order valence-electron chi connectivity index (χ1n) is 8.12. The lowest BCUT2D eigenvalue weighted by atomic mass is 9.76. The van der Waals surface area contributed by atoms with E-state index >= 15 is 0 Å².